The number of likely N-dealkylation sites (tertiary alicyclic amines) is 2. The molecule has 0 saturated carbocycles. The minimum absolute atomic E-state index is 0.207. The summed E-state index contributed by atoms with van der Waals surface area (Å²) in [5, 5.41) is 0. The molecule has 2 heterocycles. The summed E-state index contributed by atoms with van der Waals surface area (Å²) in [5.41, 5.74) is 2.33. The van der Waals surface area contributed by atoms with Gasteiger partial charge in [-0.3, -0.25) is 9.59 Å². The van der Waals surface area contributed by atoms with E-state index in [2.05, 4.69) is 23.6 Å². The van der Waals surface area contributed by atoms with Gasteiger partial charge in [0.2, 0.25) is 0 Å². The van der Waals surface area contributed by atoms with Crippen molar-refractivity contribution in [3.63, 3.8) is 0 Å². The normalized spacial score (nSPS) is 17.8. The van der Waals surface area contributed by atoms with Crippen LogP contribution in [0.2, 0.25) is 0 Å². The summed E-state index contributed by atoms with van der Waals surface area (Å²) in [4.78, 5) is 27.7. The summed E-state index contributed by atoms with van der Waals surface area (Å²) >= 11 is 0. The highest BCUT2D eigenvalue weighted by Gasteiger charge is 2.41. The van der Waals surface area contributed by atoms with E-state index in [-0.39, 0.29) is 23.0 Å². The van der Waals surface area contributed by atoms with Gasteiger partial charge in [0, 0.05) is 11.1 Å². The fraction of sp³-hybridized carbons (Fsp3) is 0.576. The number of alkyl halides is 6. The number of halogens is 6. The van der Waals surface area contributed by atoms with Crippen LogP contribution in [-0.2, 0) is 0 Å². The molecular weight excluding hydrogens is 570 g/mol. The van der Waals surface area contributed by atoms with E-state index < -0.39 is 23.9 Å². The van der Waals surface area contributed by atoms with Crippen molar-refractivity contribution in [3.8, 4) is 0 Å². The fourth-order valence-electron chi connectivity index (χ4n) is 6.33. The zero-order chi connectivity index (χ0) is 31.9. The van der Waals surface area contributed by atoms with Gasteiger partial charge >= 0.3 is 12.4 Å². The van der Waals surface area contributed by atoms with Crippen molar-refractivity contribution < 1.29 is 35.9 Å². The Balaban J connectivity index is 0.000000236. The molecule has 0 bridgehead atoms. The van der Waals surface area contributed by atoms with E-state index in [1.807, 2.05) is 12.1 Å². The maximum Gasteiger partial charge on any atom is 0.454 e. The molecule has 2 fully saturated rings. The number of carbonyl (C=O) groups is 2. The lowest BCUT2D eigenvalue weighted by Crippen LogP contribution is -2.33. The van der Waals surface area contributed by atoms with Crippen molar-refractivity contribution in [2.45, 2.75) is 84.0 Å². The quantitative estimate of drug-likeness (QED) is 0.233. The van der Waals surface area contributed by atoms with Crippen LogP contribution in [0, 0.1) is 13.8 Å². The second-order valence-corrected chi connectivity index (χ2v) is 11.5. The Morgan fingerprint density at radius 1 is 0.674 bits per heavy atom. The number of benzene rings is 2. The lowest BCUT2D eigenvalue weighted by molar-refractivity contribution is -0.0888. The van der Waals surface area contributed by atoms with Gasteiger partial charge < -0.3 is 9.80 Å². The molecule has 238 valence electrons. The third kappa shape index (κ3) is 8.91. The summed E-state index contributed by atoms with van der Waals surface area (Å²) in [6.45, 7) is 13.4. The third-order valence-corrected chi connectivity index (χ3v) is 8.80. The second-order valence-electron chi connectivity index (χ2n) is 11.5. The minimum atomic E-state index is -4.81. The first-order valence-electron chi connectivity index (χ1n) is 15.1. The molecule has 2 aliphatic heterocycles. The Labute approximate surface area is 250 Å². The second kappa shape index (κ2) is 14.8. The predicted molar refractivity (Wildman–Crippen MR) is 156 cm³/mol. The van der Waals surface area contributed by atoms with Gasteiger partial charge in [-0.25, -0.2) is 0 Å². The van der Waals surface area contributed by atoms with Crippen LogP contribution in [0.1, 0.15) is 101 Å². The average molecular weight is 613 g/mol. The van der Waals surface area contributed by atoms with E-state index in [0.717, 1.165) is 82.5 Å². The maximum absolute atomic E-state index is 12.7. The summed E-state index contributed by atoms with van der Waals surface area (Å²) in [6, 6.07) is 9.40. The monoisotopic (exact) mass is 612 g/mol. The molecule has 10 heteroatoms. The average Bonchev–Trinajstić information content (AvgIpc) is 2.97. The first-order valence-corrected chi connectivity index (χ1v) is 15.1. The van der Waals surface area contributed by atoms with Crippen molar-refractivity contribution in [1.82, 2.24) is 9.80 Å². The molecule has 0 radical (unpaired) electrons. The molecule has 2 saturated heterocycles. The SMILES string of the molecule is CCCN1CCC(c2cccc(C(=O)C(F)(F)F)c2C)CC1.CCN1CCC(c2cccc(C(=O)C(F)(F)F)c2C)CC1. The van der Waals surface area contributed by atoms with Crippen LogP contribution in [0.25, 0.3) is 0 Å². The predicted octanol–water partition coefficient (Wildman–Crippen LogP) is 8.27. The van der Waals surface area contributed by atoms with Crippen molar-refractivity contribution in [2.24, 2.45) is 0 Å². The number of rotatable bonds is 7. The van der Waals surface area contributed by atoms with Gasteiger partial charge in [-0.15, -0.1) is 0 Å². The Bertz CT molecular complexity index is 1240. The molecule has 0 amide bonds. The number of hydrogen-bond donors (Lipinski definition) is 0. The molecule has 0 spiro atoms. The number of carbonyl (C=O) groups excluding carboxylic acids is 2. The third-order valence-electron chi connectivity index (χ3n) is 8.80. The zero-order valence-corrected chi connectivity index (χ0v) is 25.4. The Morgan fingerprint density at radius 3 is 1.37 bits per heavy atom. The molecule has 4 rings (SSSR count). The van der Waals surface area contributed by atoms with Crippen molar-refractivity contribution in [1.29, 1.82) is 0 Å². The van der Waals surface area contributed by atoms with Crippen molar-refractivity contribution >= 4 is 11.6 Å². The van der Waals surface area contributed by atoms with Gasteiger partial charge in [0.15, 0.2) is 0 Å². The summed E-state index contributed by atoms with van der Waals surface area (Å²) in [7, 11) is 0. The fourth-order valence-corrected chi connectivity index (χ4v) is 6.33. The molecule has 2 aromatic rings. The smallest absolute Gasteiger partial charge is 0.304 e. The van der Waals surface area contributed by atoms with Crippen LogP contribution in [0.15, 0.2) is 36.4 Å². The van der Waals surface area contributed by atoms with Gasteiger partial charge in [-0.1, -0.05) is 50.2 Å². The van der Waals surface area contributed by atoms with Crippen LogP contribution in [0.5, 0.6) is 0 Å². The molecule has 2 aliphatic rings. The van der Waals surface area contributed by atoms with Crippen LogP contribution in [0.3, 0.4) is 0 Å². The highest BCUT2D eigenvalue weighted by atomic mass is 19.4. The van der Waals surface area contributed by atoms with Crippen LogP contribution in [0.4, 0.5) is 26.3 Å². The van der Waals surface area contributed by atoms with E-state index in [0.29, 0.717) is 11.1 Å². The van der Waals surface area contributed by atoms with E-state index in [4.69, 9.17) is 0 Å². The van der Waals surface area contributed by atoms with Gasteiger partial charge in [-0.05, 0) is 119 Å². The van der Waals surface area contributed by atoms with Gasteiger partial charge in [0.05, 0.1) is 0 Å². The Kier molecular flexibility index (Phi) is 12.0. The van der Waals surface area contributed by atoms with E-state index in [1.165, 1.54) is 12.1 Å². The molecule has 0 N–H and O–H groups in total. The molecule has 0 atom stereocenters. The number of nitrogens with zero attached hydrogens (tertiary/aromatic N) is 2. The maximum atomic E-state index is 12.7. The molecule has 0 aliphatic carbocycles. The van der Waals surface area contributed by atoms with E-state index in [9.17, 15) is 35.9 Å². The molecule has 43 heavy (non-hydrogen) atoms. The largest absolute Gasteiger partial charge is 0.454 e. The highest BCUT2D eigenvalue weighted by molar-refractivity contribution is 6.02. The van der Waals surface area contributed by atoms with E-state index >= 15 is 0 Å². The van der Waals surface area contributed by atoms with Crippen molar-refractivity contribution in [3.05, 3.63) is 69.8 Å². The molecule has 0 aromatic heterocycles. The summed E-state index contributed by atoms with van der Waals surface area (Å²) in [6.07, 6.45) is -4.78. The Hall–Kier alpha value is -2.72. The first-order chi connectivity index (χ1) is 20.2. The lowest BCUT2D eigenvalue weighted by atomic mass is 9.84. The number of Topliss-reactive ketones (excluding diaryl/α,β-unsaturated/α-hetero) is 2. The molecule has 2 aromatic carbocycles. The highest BCUT2D eigenvalue weighted by Crippen LogP contribution is 2.35. The van der Waals surface area contributed by atoms with Crippen molar-refractivity contribution in [2.75, 3.05) is 39.3 Å². The summed E-state index contributed by atoms with van der Waals surface area (Å²) in [5.74, 6) is -2.99. The van der Waals surface area contributed by atoms with Crippen LogP contribution >= 0.6 is 0 Å². The molecule has 4 nitrogen and oxygen atoms in total. The summed E-state index contributed by atoms with van der Waals surface area (Å²) < 4.78 is 75.9. The van der Waals surface area contributed by atoms with Gasteiger partial charge in [0.25, 0.3) is 11.6 Å². The minimum Gasteiger partial charge on any atom is -0.304 e. The van der Waals surface area contributed by atoms with Gasteiger partial charge in [0.1, 0.15) is 0 Å². The first kappa shape index (κ1) is 34.8. The van der Waals surface area contributed by atoms with Gasteiger partial charge in [-0.2, -0.15) is 26.3 Å². The molecular formula is C33H42F6N2O2. The number of piperidine rings is 2. The topological polar surface area (TPSA) is 40.6 Å². The standard InChI is InChI=1S/C17H22F3NO.C16H20F3NO/c1-3-9-21-10-7-13(8-11-21)14-5-4-6-15(12(14)2)16(22)17(18,19)20;1-3-20-9-7-12(8-10-20)13-5-4-6-14(11(13)2)15(21)16(17,18)19/h4-6,13H,3,7-11H2,1-2H3;4-6,12H,3,7-10H2,1-2H3. The van der Waals surface area contributed by atoms with Crippen LogP contribution < -0.4 is 0 Å². The van der Waals surface area contributed by atoms with Crippen LogP contribution in [-0.4, -0.2) is 73.0 Å². The van der Waals surface area contributed by atoms with E-state index in [1.54, 1.807) is 26.0 Å². The zero-order valence-electron chi connectivity index (χ0n) is 25.4. The molecule has 0 unspecified atom stereocenters. The Morgan fingerprint density at radius 2 is 1.05 bits per heavy atom. The number of hydrogen-bond acceptors (Lipinski definition) is 4. The number of ketones is 2. The lowest BCUT2D eigenvalue weighted by Gasteiger charge is -2.32.